The molecular formula is C17H18ClNO2S. The molecule has 0 N–H and O–H groups in total. The first kappa shape index (κ1) is 16.7. The predicted octanol–water partition coefficient (Wildman–Crippen LogP) is 3.64. The molecule has 0 saturated carbocycles. The molecule has 1 amide bonds. The molecule has 0 spiro atoms. The number of carbonyl (C=O) groups excluding carboxylic acids is 1. The van der Waals surface area contributed by atoms with E-state index >= 15 is 0 Å². The van der Waals surface area contributed by atoms with Crippen molar-refractivity contribution in [2.75, 3.05) is 11.9 Å². The third kappa shape index (κ3) is 4.18. The van der Waals surface area contributed by atoms with Gasteiger partial charge in [-0.15, -0.1) is 0 Å². The topological polar surface area (TPSA) is 37.4 Å². The molecule has 2 aromatic rings. The average molecular weight is 336 g/mol. The second kappa shape index (κ2) is 7.56. The van der Waals surface area contributed by atoms with Crippen molar-refractivity contribution in [2.45, 2.75) is 17.9 Å². The number of hydrogen-bond acceptors (Lipinski definition) is 2. The summed E-state index contributed by atoms with van der Waals surface area (Å²) < 4.78 is 12.4. The molecule has 0 heterocycles. The van der Waals surface area contributed by atoms with Gasteiger partial charge in [0.1, 0.15) is 5.25 Å². The lowest BCUT2D eigenvalue weighted by Gasteiger charge is -2.21. The Morgan fingerprint density at radius 1 is 1.18 bits per heavy atom. The Balaban J connectivity index is 2.05. The Bertz CT molecular complexity index is 675. The highest BCUT2D eigenvalue weighted by molar-refractivity contribution is 7.85. The molecule has 0 aliphatic heterocycles. The van der Waals surface area contributed by atoms with Crippen LogP contribution in [0.1, 0.15) is 12.5 Å². The minimum atomic E-state index is -1.30. The van der Waals surface area contributed by atoms with E-state index in [1.165, 1.54) is 0 Å². The third-order valence-corrected chi connectivity index (χ3v) is 5.26. The number of rotatable bonds is 5. The van der Waals surface area contributed by atoms with Gasteiger partial charge >= 0.3 is 0 Å². The van der Waals surface area contributed by atoms with Gasteiger partial charge in [-0.1, -0.05) is 41.9 Å². The molecule has 0 aromatic heterocycles. The molecule has 5 heteroatoms. The summed E-state index contributed by atoms with van der Waals surface area (Å²) in [5.74, 6) is 0.155. The van der Waals surface area contributed by atoms with Gasteiger partial charge in [0.25, 0.3) is 0 Å². The van der Waals surface area contributed by atoms with Gasteiger partial charge < -0.3 is 4.90 Å². The molecule has 2 rings (SSSR count). The molecule has 0 unspecified atom stereocenters. The summed E-state index contributed by atoms with van der Waals surface area (Å²) >= 11 is 5.93. The zero-order chi connectivity index (χ0) is 16.1. The van der Waals surface area contributed by atoms with Crippen molar-refractivity contribution in [3.05, 3.63) is 65.2 Å². The number of para-hydroxylation sites is 1. The number of carbonyl (C=O) groups is 1. The zero-order valence-electron chi connectivity index (χ0n) is 12.5. The van der Waals surface area contributed by atoms with Crippen LogP contribution < -0.4 is 4.90 Å². The van der Waals surface area contributed by atoms with Crippen molar-refractivity contribution in [3.8, 4) is 0 Å². The Labute approximate surface area is 138 Å². The molecule has 22 heavy (non-hydrogen) atoms. The van der Waals surface area contributed by atoms with Crippen LogP contribution in [0.25, 0.3) is 0 Å². The maximum absolute atomic E-state index is 12.4. The Hall–Kier alpha value is -1.65. The quantitative estimate of drug-likeness (QED) is 0.836. The van der Waals surface area contributed by atoms with E-state index in [-0.39, 0.29) is 5.91 Å². The van der Waals surface area contributed by atoms with Gasteiger partial charge in [0, 0.05) is 34.3 Å². The van der Waals surface area contributed by atoms with Crippen molar-refractivity contribution < 1.29 is 9.00 Å². The SMILES string of the molecule is C[C@@H](C(=O)N(C)c1ccccc1)[S@](=O)Cc1cccc(Cl)c1. The second-order valence-corrected chi connectivity index (χ2v) is 7.22. The van der Waals surface area contributed by atoms with E-state index < -0.39 is 16.0 Å². The molecule has 3 nitrogen and oxygen atoms in total. The molecule has 0 saturated heterocycles. The fourth-order valence-corrected chi connectivity index (χ4v) is 3.43. The van der Waals surface area contributed by atoms with Crippen LogP contribution in [0.15, 0.2) is 54.6 Å². The molecule has 0 aliphatic rings. The van der Waals surface area contributed by atoms with Crippen molar-refractivity contribution in [2.24, 2.45) is 0 Å². The number of benzene rings is 2. The van der Waals surface area contributed by atoms with Crippen LogP contribution in [-0.2, 0) is 21.3 Å². The Morgan fingerprint density at radius 3 is 2.50 bits per heavy atom. The van der Waals surface area contributed by atoms with Crippen LogP contribution in [0.3, 0.4) is 0 Å². The van der Waals surface area contributed by atoms with Gasteiger partial charge in [-0.05, 0) is 36.8 Å². The first-order valence-corrected chi connectivity index (χ1v) is 8.69. The number of amides is 1. The van der Waals surface area contributed by atoms with E-state index in [4.69, 9.17) is 11.6 Å². The van der Waals surface area contributed by atoms with Gasteiger partial charge in [-0.2, -0.15) is 0 Å². The van der Waals surface area contributed by atoms with E-state index in [0.29, 0.717) is 10.8 Å². The van der Waals surface area contributed by atoms with Crippen LogP contribution in [0.5, 0.6) is 0 Å². The lowest BCUT2D eigenvalue weighted by molar-refractivity contribution is -0.117. The van der Waals surface area contributed by atoms with Crippen molar-refractivity contribution in [3.63, 3.8) is 0 Å². The lowest BCUT2D eigenvalue weighted by Crippen LogP contribution is -2.37. The van der Waals surface area contributed by atoms with E-state index in [9.17, 15) is 9.00 Å². The van der Waals surface area contributed by atoms with E-state index in [0.717, 1.165) is 11.3 Å². The summed E-state index contributed by atoms with van der Waals surface area (Å²) in [6, 6.07) is 16.6. The molecule has 0 bridgehead atoms. The third-order valence-electron chi connectivity index (χ3n) is 3.41. The van der Waals surface area contributed by atoms with Gasteiger partial charge in [-0.3, -0.25) is 9.00 Å². The average Bonchev–Trinajstić information content (AvgIpc) is 2.53. The van der Waals surface area contributed by atoms with E-state index in [2.05, 4.69) is 0 Å². The summed E-state index contributed by atoms with van der Waals surface area (Å²) in [4.78, 5) is 14.0. The summed E-state index contributed by atoms with van der Waals surface area (Å²) in [6.07, 6.45) is 0. The molecular weight excluding hydrogens is 318 g/mol. The molecule has 2 aromatic carbocycles. The Morgan fingerprint density at radius 2 is 1.86 bits per heavy atom. The minimum Gasteiger partial charge on any atom is -0.314 e. The number of halogens is 1. The summed E-state index contributed by atoms with van der Waals surface area (Å²) in [7, 11) is 0.401. The standard InChI is InChI=1S/C17H18ClNO2S/c1-13(17(20)19(2)16-9-4-3-5-10-16)22(21)12-14-7-6-8-15(18)11-14/h3-11,13H,12H2,1-2H3/t13-,22+/m0/s1. The second-order valence-electron chi connectivity index (χ2n) is 5.03. The Kier molecular flexibility index (Phi) is 5.75. The molecule has 116 valence electrons. The van der Waals surface area contributed by atoms with Crippen molar-refractivity contribution in [1.29, 1.82) is 0 Å². The van der Waals surface area contributed by atoms with Crippen LogP contribution >= 0.6 is 11.6 Å². The van der Waals surface area contributed by atoms with Gasteiger partial charge in [0.05, 0.1) is 0 Å². The molecule has 0 radical (unpaired) electrons. The van der Waals surface area contributed by atoms with Gasteiger partial charge in [-0.25, -0.2) is 0 Å². The highest BCUT2D eigenvalue weighted by atomic mass is 35.5. The molecule has 0 fully saturated rings. The number of anilines is 1. The number of hydrogen-bond donors (Lipinski definition) is 0. The first-order valence-electron chi connectivity index (χ1n) is 6.93. The predicted molar refractivity (Wildman–Crippen MR) is 92.6 cm³/mol. The first-order chi connectivity index (χ1) is 10.5. The van der Waals surface area contributed by atoms with E-state index in [1.807, 2.05) is 42.5 Å². The van der Waals surface area contributed by atoms with Crippen molar-refractivity contribution in [1.82, 2.24) is 0 Å². The maximum atomic E-state index is 12.4. The maximum Gasteiger partial charge on any atom is 0.242 e. The minimum absolute atomic E-state index is 0.161. The number of nitrogens with zero attached hydrogens (tertiary/aromatic N) is 1. The highest BCUT2D eigenvalue weighted by Crippen LogP contribution is 2.17. The fourth-order valence-electron chi connectivity index (χ4n) is 2.08. The molecule has 2 atom stereocenters. The zero-order valence-corrected chi connectivity index (χ0v) is 14.1. The van der Waals surface area contributed by atoms with Gasteiger partial charge in [0.2, 0.25) is 5.91 Å². The highest BCUT2D eigenvalue weighted by Gasteiger charge is 2.24. The van der Waals surface area contributed by atoms with E-state index in [1.54, 1.807) is 31.0 Å². The normalized spacial score (nSPS) is 13.4. The van der Waals surface area contributed by atoms with Crippen molar-refractivity contribution >= 4 is 34.0 Å². The largest absolute Gasteiger partial charge is 0.314 e. The summed E-state index contributed by atoms with van der Waals surface area (Å²) in [5.41, 5.74) is 1.66. The van der Waals surface area contributed by atoms with Crippen LogP contribution in [-0.4, -0.2) is 22.4 Å². The van der Waals surface area contributed by atoms with Crippen LogP contribution in [0.2, 0.25) is 5.02 Å². The smallest absolute Gasteiger partial charge is 0.242 e. The van der Waals surface area contributed by atoms with Crippen LogP contribution in [0.4, 0.5) is 5.69 Å². The molecule has 0 aliphatic carbocycles. The lowest BCUT2D eigenvalue weighted by atomic mass is 10.2. The monoisotopic (exact) mass is 335 g/mol. The summed E-state index contributed by atoms with van der Waals surface area (Å²) in [6.45, 7) is 1.70. The van der Waals surface area contributed by atoms with Gasteiger partial charge in [0.15, 0.2) is 0 Å². The summed E-state index contributed by atoms with van der Waals surface area (Å²) in [5, 5.41) is 0.0269. The van der Waals surface area contributed by atoms with Crippen LogP contribution in [0, 0.1) is 0 Å². The fraction of sp³-hybridized carbons (Fsp3) is 0.235.